The van der Waals surface area contributed by atoms with E-state index in [1.54, 1.807) is 11.8 Å². The van der Waals surface area contributed by atoms with Crippen LogP contribution in [-0.4, -0.2) is 117 Å². The van der Waals surface area contributed by atoms with E-state index in [-0.39, 0.29) is 28.9 Å². The summed E-state index contributed by atoms with van der Waals surface area (Å²) in [4.78, 5) is 41.0. The zero-order valence-electron chi connectivity index (χ0n) is 44.9. The number of ether oxygens (including phenoxy) is 2. The van der Waals surface area contributed by atoms with Crippen molar-refractivity contribution in [3.05, 3.63) is 201 Å². The van der Waals surface area contributed by atoms with Crippen molar-refractivity contribution in [2.24, 2.45) is 0 Å². The van der Waals surface area contributed by atoms with Crippen molar-refractivity contribution in [1.82, 2.24) is 29.4 Å². The molecule has 4 aliphatic heterocycles. The molecular formula is C64H74N6O6. The van der Waals surface area contributed by atoms with E-state index in [1.807, 2.05) is 84.6 Å². The number of benzene rings is 6. The van der Waals surface area contributed by atoms with Gasteiger partial charge in [-0.05, 0) is 94.7 Å². The average molecular weight is 1020 g/mol. The van der Waals surface area contributed by atoms with Crippen LogP contribution in [0, 0.1) is 0 Å². The molecule has 0 bridgehead atoms. The van der Waals surface area contributed by atoms with Gasteiger partial charge < -0.3 is 39.3 Å². The Hall–Kier alpha value is -7.22. The van der Waals surface area contributed by atoms with Gasteiger partial charge in [-0.3, -0.25) is 19.4 Å². The summed E-state index contributed by atoms with van der Waals surface area (Å²) in [5, 5.41) is 20.3. The van der Waals surface area contributed by atoms with Crippen molar-refractivity contribution >= 4 is 23.0 Å². The summed E-state index contributed by atoms with van der Waals surface area (Å²) >= 11 is 0. The molecule has 2 N–H and O–H groups in total. The average Bonchev–Trinajstić information content (AvgIpc) is 4.07. The molecular weight excluding hydrogens is 949 g/mol. The fourth-order valence-electron chi connectivity index (χ4n) is 10.6. The third kappa shape index (κ3) is 13.1. The Morgan fingerprint density at radius 1 is 0.447 bits per heavy atom. The number of carbonyl (C=O) groups is 2. The number of rotatable bonds is 16. The Kier molecular flexibility index (Phi) is 17.4. The Morgan fingerprint density at radius 3 is 1.29 bits per heavy atom. The fraction of sp³-hybridized carbons (Fsp3) is 0.344. The molecule has 2 saturated heterocycles. The highest BCUT2D eigenvalue weighted by atomic mass is 16.5. The Morgan fingerprint density at radius 2 is 0.842 bits per heavy atom. The van der Waals surface area contributed by atoms with Gasteiger partial charge in [-0.1, -0.05) is 124 Å². The second-order valence-electron chi connectivity index (χ2n) is 20.8. The van der Waals surface area contributed by atoms with Gasteiger partial charge in [0.05, 0.1) is 11.1 Å². The number of phenols is 2. The summed E-state index contributed by atoms with van der Waals surface area (Å²) in [6.07, 6.45) is 0. The highest BCUT2D eigenvalue weighted by molar-refractivity contribution is 5.99. The van der Waals surface area contributed by atoms with Crippen molar-refractivity contribution in [3.63, 3.8) is 0 Å². The maximum atomic E-state index is 14.2. The van der Waals surface area contributed by atoms with Gasteiger partial charge in [0.15, 0.2) is 0 Å². The largest absolute Gasteiger partial charge is 0.507 e. The molecule has 2 amide bonds. The summed E-state index contributed by atoms with van der Waals surface area (Å²) in [6, 6.07) is 39.8. The van der Waals surface area contributed by atoms with E-state index in [0.29, 0.717) is 67.6 Å². The minimum Gasteiger partial charge on any atom is -0.507 e. The lowest BCUT2D eigenvalue weighted by molar-refractivity contribution is 0.0739. The molecule has 6 aromatic rings. The third-order valence-electron chi connectivity index (χ3n) is 15.2. The molecule has 0 atom stereocenters. The summed E-state index contributed by atoms with van der Waals surface area (Å²) in [5.41, 5.74) is 12.9. The van der Waals surface area contributed by atoms with Gasteiger partial charge in [-0.25, -0.2) is 0 Å². The van der Waals surface area contributed by atoms with Crippen molar-refractivity contribution in [3.8, 4) is 23.0 Å². The van der Waals surface area contributed by atoms with Crippen molar-refractivity contribution in [2.75, 3.05) is 65.4 Å². The smallest absolute Gasteiger partial charge is 0.258 e. The first-order valence-corrected chi connectivity index (χ1v) is 26.9. The molecule has 0 radical (unpaired) electrons. The zero-order valence-corrected chi connectivity index (χ0v) is 44.9. The van der Waals surface area contributed by atoms with Crippen LogP contribution in [0.5, 0.6) is 23.0 Å². The van der Waals surface area contributed by atoms with Crippen molar-refractivity contribution in [1.29, 1.82) is 0 Å². The first-order chi connectivity index (χ1) is 36.8. The number of amides is 2. The summed E-state index contributed by atoms with van der Waals surface area (Å²) < 4.78 is 12.7. The number of fused-ring (bicyclic) bond motifs is 2. The van der Waals surface area contributed by atoms with E-state index in [9.17, 15) is 19.8 Å². The molecule has 2 fully saturated rings. The topological polar surface area (TPSA) is 113 Å². The van der Waals surface area contributed by atoms with Gasteiger partial charge in [0.2, 0.25) is 0 Å². The molecule has 0 aliphatic carbocycles. The summed E-state index contributed by atoms with van der Waals surface area (Å²) in [6.45, 7) is 32.1. The summed E-state index contributed by atoms with van der Waals surface area (Å²) in [5.74, 6) is 0.586. The van der Waals surface area contributed by atoms with Crippen LogP contribution in [0.15, 0.2) is 134 Å². The predicted octanol–water partition coefficient (Wildman–Crippen LogP) is 10.6. The first-order valence-electron chi connectivity index (χ1n) is 26.9. The van der Waals surface area contributed by atoms with E-state index >= 15 is 0 Å². The quantitative estimate of drug-likeness (QED) is 0.0972. The third-order valence-corrected chi connectivity index (χ3v) is 15.2. The highest BCUT2D eigenvalue weighted by Gasteiger charge is 2.30. The van der Waals surface area contributed by atoms with E-state index in [4.69, 9.17) is 9.47 Å². The molecule has 6 aromatic carbocycles. The number of phenolic OH excluding ortho intramolecular Hbond substituents is 2. The molecule has 76 heavy (non-hydrogen) atoms. The lowest BCUT2D eigenvalue weighted by Crippen LogP contribution is -2.45. The van der Waals surface area contributed by atoms with Crippen LogP contribution in [0.2, 0.25) is 0 Å². The number of piperazine rings is 2. The van der Waals surface area contributed by atoms with Gasteiger partial charge in [-0.2, -0.15) is 0 Å². The molecule has 12 nitrogen and oxygen atoms in total. The van der Waals surface area contributed by atoms with Crippen LogP contribution in [-0.2, 0) is 52.5 Å². The number of likely N-dealkylation sites (N-methyl/N-ethyl adjacent to an activating group) is 2. The van der Waals surface area contributed by atoms with Gasteiger partial charge in [0.25, 0.3) is 11.8 Å². The maximum Gasteiger partial charge on any atom is 0.258 e. The predicted molar refractivity (Wildman–Crippen MR) is 302 cm³/mol. The molecule has 0 saturated carbocycles. The van der Waals surface area contributed by atoms with Crippen LogP contribution < -0.4 is 9.47 Å². The molecule has 4 aliphatic rings. The SMILES string of the molecule is C=C(C)c1cc(C(=O)N2Cc3ccc(CN4CCN(CC)CC4)cc3C2)c(O)cc1O.C=C(C)c1cc(C(=O)N2Cc3ccc(CN4CCN(CC)CC4)cc3C2)c(OCc2ccccc2)cc1OCc1ccccc1. The van der Waals surface area contributed by atoms with Crippen LogP contribution >= 0.6 is 0 Å². The molecule has 10 rings (SSSR count). The van der Waals surface area contributed by atoms with Gasteiger partial charge >= 0.3 is 0 Å². The Balaban J connectivity index is 0.000000199. The van der Waals surface area contributed by atoms with Crippen LogP contribution in [0.4, 0.5) is 0 Å². The molecule has 0 spiro atoms. The minimum atomic E-state index is -0.242. The number of carbonyl (C=O) groups excluding carboxylic acids is 2. The lowest BCUT2D eigenvalue weighted by Gasteiger charge is -2.34. The summed E-state index contributed by atoms with van der Waals surface area (Å²) in [7, 11) is 0. The van der Waals surface area contributed by atoms with Gasteiger partial charge in [-0.15, -0.1) is 0 Å². The molecule has 12 heteroatoms. The number of aromatic hydroxyl groups is 2. The zero-order chi connectivity index (χ0) is 53.3. The van der Waals surface area contributed by atoms with Crippen molar-refractivity contribution in [2.45, 2.75) is 80.2 Å². The van der Waals surface area contributed by atoms with Crippen LogP contribution in [0.3, 0.4) is 0 Å². The molecule has 4 heterocycles. The normalized spacial score (nSPS) is 15.9. The second kappa shape index (κ2) is 24.6. The number of hydrogen-bond acceptors (Lipinski definition) is 10. The number of nitrogens with zero attached hydrogens (tertiary/aromatic N) is 6. The lowest BCUT2D eigenvalue weighted by atomic mass is 10.0. The fourth-order valence-corrected chi connectivity index (χ4v) is 10.6. The minimum absolute atomic E-state index is 0.0522. The first kappa shape index (κ1) is 53.6. The Bertz CT molecular complexity index is 3040. The Labute approximate surface area is 449 Å². The second-order valence-corrected chi connectivity index (χ2v) is 20.8. The van der Waals surface area contributed by atoms with E-state index in [2.05, 4.69) is 83.0 Å². The van der Waals surface area contributed by atoms with Gasteiger partial charge in [0.1, 0.15) is 36.2 Å². The van der Waals surface area contributed by atoms with Crippen LogP contribution in [0.25, 0.3) is 11.1 Å². The van der Waals surface area contributed by atoms with E-state index in [1.165, 1.54) is 34.4 Å². The maximum absolute atomic E-state index is 14.2. The standard InChI is InChI=1S/C39H43N3O3.C25H31N3O3/c1-4-40-17-19-41(20-18-40)24-32-15-16-33-25-42(26-34(33)21-32)39(43)36-22-35(29(2)3)37(44-27-30-11-7-5-8-12-30)23-38(36)45-28-31-13-9-6-10-14-31;1-4-26-7-9-27(10-8-26)14-18-5-6-19-15-28(16-20(19)11-18)25(31)22-12-21(17(2)3)23(29)13-24(22)30/h5-16,21-23H,2,4,17-20,24-28H2,1,3H3;5-6,11-13,29-30H,2,4,7-10,14-16H2,1,3H3. The highest BCUT2D eigenvalue weighted by Crippen LogP contribution is 2.38. The monoisotopic (exact) mass is 1020 g/mol. The van der Waals surface area contributed by atoms with E-state index < -0.39 is 0 Å². The molecule has 396 valence electrons. The number of allylic oxidation sites excluding steroid dienone is 2. The van der Waals surface area contributed by atoms with Gasteiger partial charge in [0, 0.05) is 115 Å². The van der Waals surface area contributed by atoms with E-state index in [0.717, 1.165) is 112 Å². The molecule has 0 aromatic heterocycles. The number of hydrogen-bond donors (Lipinski definition) is 2. The van der Waals surface area contributed by atoms with Crippen LogP contribution in [0.1, 0.15) is 104 Å². The van der Waals surface area contributed by atoms with Crippen molar-refractivity contribution < 1.29 is 29.3 Å². The molecule has 0 unspecified atom stereocenters.